The molecule has 0 radical (unpaired) electrons. The molecule has 0 unspecified atom stereocenters. The largest absolute Gasteiger partial charge is 0.454 e. The van der Waals surface area contributed by atoms with Gasteiger partial charge in [-0.1, -0.05) is 30.3 Å². The van der Waals surface area contributed by atoms with Crippen molar-refractivity contribution in [2.45, 2.75) is 20.4 Å². The van der Waals surface area contributed by atoms with Gasteiger partial charge in [0.2, 0.25) is 5.78 Å². The van der Waals surface area contributed by atoms with E-state index in [4.69, 9.17) is 4.74 Å². The molecule has 3 rings (SSSR count). The Morgan fingerprint density at radius 3 is 2.42 bits per heavy atom. The van der Waals surface area contributed by atoms with E-state index >= 15 is 0 Å². The number of nitro groups is 1. The molecule has 31 heavy (non-hydrogen) atoms. The normalized spacial score (nSPS) is 10.5. The zero-order chi connectivity index (χ0) is 22.5. The van der Waals surface area contributed by atoms with Crippen molar-refractivity contribution in [1.82, 2.24) is 4.57 Å². The number of nitro benzene ring substituents is 1. The smallest absolute Gasteiger partial charge is 0.340 e. The minimum atomic E-state index is -0.806. The van der Waals surface area contributed by atoms with Crippen LogP contribution in [0, 0.1) is 24.0 Å². The number of ketones is 1. The molecular weight excluding hydrogens is 398 g/mol. The number of benzene rings is 2. The van der Waals surface area contributed by atoms with Gasteiger partial charge in [-0.3, -0.25) is 14.9 Å². The lowest BCUT2D eigenvalue weighted by molar-refractivity contribution is -0.384. The maximum absolute atomic E-state index is 12.7. The summed E-state index contributed by atoms with van der Waals surface area (Å²) in [7, 11) is 1.59. The fourth-order valence-electron chi connectivity index (χ4n) is 3.41. The van der Waals surface area contributed by atoms with Crippen molar-refractivity contribution < 1.29 is 19.2 Å². The van der Waals surface area contributed by atoms with Crippen LogP contribution in [-0.4, -0.2) is 34.9 Å². The van der Waals surface area contributed by atoms with E-state index in [0.717, 1.165) is 23.0 Å². The SMILES string of the molecule is CNc1ccc([N+](=O)[O-])cc1C(=O)OCC(=O)c1cc(C)n(Cc2ccccc2)c1C. The number of anilines is 1. The summed E-state index contributed by atoms with van der Waals surface area (Å²) in [5.74, 6) is -1.14. The first-order valence-electron chi connectivity index (χ1n) is 9.69. The second-order valence-electron chi connectivity index (χ2n) is 7.09. The Morgan fingerprint density at radius 1 is 1.06 bits per heavy atom. The molecule has 1 aromatic heterocycles. The van der Waals surface area contributed by atoms with Gasteiger partial charge in [-0.25, -0.2) is 4.79 Å². The zero-order valence-electron chi connectivity index (χ0n) is 17.5. The lowest BCUT2D eigenvalue weighted by Crippen LogP contribution is -2.16. The zero-order valence-corrected chi connectivity index (χ0v) is 17.5. The third-order valence-electron chi connectivity index (χ3n) is 5.10. The van der Waals surface area contributed by atoms with Crippen LogP contribution < -0.4 is 5.32 Å². The highest BCUT2D eigenvalue weighted by Crippen LogP contribution is 2.23. The predicted octanol–water partition coefficient (Wildman–Crippen LogP) is 4.14. The van der Waals surface area contributed by atoms with Crippen molar-refractivity contribution in [3.8, 4) is 0 Å². The molecule has 3 aromatic rings. The third-order valence-corrected chi connectivity index (χ3v) is 5.10. The molecule has 8 nitrogen and oxygen atoms in total. The van der Waals surface area contributed by atoms with Gasteiger partial charge in [0.1, 0.15) is 0 Å². The van der Waals surface area contributed by atoms with Gasteiger partial charge < -0.3 is 14.6 Å². The fraction of sp³-hybridized carbons (Fsp3) is 0.217. The van der Waals surface area contributed by atoms with Crippen molar-refractivity contribution in [2.75, 3.05) is 19.0 Å². The number of nitrogens with one attached hydrogen (secondary N) is 1. The third kappa shape index (κ3) is 4.80. The average Bonchev–Trinajstić information content (AvgIpc) is 3.05. The summed E-state index contributed by atoms with van der Waals surface area (Å²) in [6.07, 6.45) is 0. The molecule has 0 spiro atoms. The summed E-state index contributed by atoms with van der Waals surface area (Å²) >= 11 is 0. The molecule has 0 aliphatic carbocycles. The van der Waals surface area contributed by atoms with Gasteiger partial charge in [-0.2, -0.15) is 0 Å². The minimum absolute atomic E-state index is 0.000879. The highest BCUT2D eigenvalue weighted by atomic mass is 16.6. The first-order valence-corrected chi connectivity index (χ1v) is 9.69. The topological polar surface area (TPSA) is 103 Å². The Bertz CT molecular complexity index is 1140. The highest BCUT2D eigenvalue weighted by molar-refractivity contribution is 6.02. The van der Waals surface area contributed by atoms with Crippen LogP contribution in [0.4, 0.5) is 11.4 Å². The van der Waals surface area contributed by atoms with Crippen LogP contribution in [0.1, 0.15) is 37.7 Å². The molecule has 2 aromatic carbocycles. The molecule has 0 aliphatic rings. The van der Waals surface area contributed by atoms with Gasteiger partial charge in [0.25, 0.3) is 5.69 Å². The molecule has 0 amide bonds. The predicted molar refractivity (Wildman–Crippen MR) is 117 cm³/mol. The Morgan fingerprint density at radius 2 is 1.77 bits per heavy atom. The summed E-state index contributed by atoms with van der Waals surface area (Å²) in [6.45, 7) is 3.94. The van der Waals surface area contributed by atoms with Crippen LogP contribution in [0.2, 0.25) is 0 Å². The second-order valence-corrected chi connectivity index (χ2v) is 7.09. The monoisotopic (exact) mass is 421 g/mol. The lowest BCUT2D eigenvalue weighted by atomic mass is 10.1. The maximum Gasteiger partial charge on any atom is 0.340 e. The number of nitrogens with zero attached hydrogens (tertiary/aromatic N) is 2. The second kappa shape index (κ2) is 9.25. The molecule has 1 heterocycles. The Hall–Kier alpha value is -3.94. The number of carbonyl (C=O) groups excluding carboxylic acids is 2. The van der Waals surface area contributed by atoms with Gasteiger partial charge in [0.05, 0.1) is 10.5 Å². The van der Waals surface area contributed by atoms with E-state index in [2.05, 4.69) is 5.32 Å². The van der Waals surface area contributed by atoms with E-state index in [1.54, 1.807) is 13.1 Å². The van der Waals surface area contributed by atoms with Crippen molar-refractivity contribution >= 4 is 23.1 Å². The summed E-state index contributed by atoms with van der Waals surface area (Å²) in [4.78, 5) is 35.6. The van der Waals surface area contributed by atoms with E-state index in [-0.39, 0.29) is 17.0 Å². The van der Waals surface area contributed by atoms with Crippen LogP contribution in [-0.2, 0) is 11.3 Å². The number of carbonyl (C=O) groups is 2. The summed E-state index contributed by atoms with van der Waals surface area (Å²) in [6, 6.07) is 15.5. The van der Waals surface area contributed by atoms with E-state index < -0.39 is 17.5 Å². The standard InChI is InChI=1S/C23H23N3O5/c1-15-11-19(16(2)25(15)13-17-7-5-4-6-8-17)22(27)14-31-23(28)20-12-18(26(29)30)9-10-21(20)24-3/h4-12,24H,13-14H2,1-3H3. The van der Waals surface area contributed by atoms with Crippen LogP contribution in [0.5, 0.6) is 0 Å². The minimum Gasteiger partial charge on any atom is -0.454 e. The van der Waals surface area contributed by atoms with Gasteiger partial charge in [0, 0.05) is 48.4 Å². The van der Waals surface area contributed by atoms with E-state index in [1.807, 2.05) is 48.7 Å². The fourth-order valence-corrected chi connectivity index (χ4v) is 3.41. The van der Waals surface area contributed by atoms with Crippen LogP contribution >= 0.6 is 0 Å². The number of Topliss-reactive ketones (excluding diaryl/α,β-unsaturated/α-hetero) is 1. The van der Waals surface area contributed by atoms with Crippen LogP contribution in [0.15, 0.2) is 54.6 Å². The molecule has 0 atom stereocenters. The Balaban J connectivity index is 1.74. The molecule has 1 N–H and O–H groups in total. The van der Waals surface area contributed by atoms with E-state index in [1.165, 1.54) is 12.1 Å². The summed E-state index contributed by atoms with van der Waals surface area (Å²) in [5.41, 5.74) is 3.44. The maximum atomic E-state index is 12.7. The summed E-state index contributed by atoms with van der Waals surface area (Å²) in [5, 5.41) is 13.8. The number of aromatic nitrogens is 1. The van der Waals surface area contributed by atoms with Gasteiger partial charge >= 0.3 is 5.97 Å². The number of ether oxygens (including phenoxy) is 1. The number of non-ortho nitro benzene ring substituents is 1. The average molecular weight is 421 g/mol. The van der Waals surface area contributed by atoms with Gasteiger partial charge in [0.15, 0.2) is 6.61 Å². The van der Waals surface area contributed by atoms with Crippen LogP contribution in [0.3, 0.4) is 0 Å². The molecule has 0 saturated heterocycles. The van der Waals surface area contributed by atoms with Crippen LogP contribution in [0.25, 0.3) is 0 Å². The first-order chi connectivity index (χ1) is 14.8. The van der Waals surface area contributed by atoms with Crippen molar-refractivity contribution in [1.29, 1.82) is 0 Å². The van der Waals surface area contributed by atoms with Crippen molar-refractivity contribution in [3.63, 3.8) is 0 Å². The van der Waals surface area contributed by atoms with Crippen molar-refractivity contribution in [3.05, 3.63) is 92.8 Å². The van der Waals surface area contributed by atoms with E-state index in [9.17, 15) is 19.7 Å². The highest BCUT2D eigenvalue weighted by Gasteiger charge is 2.21. The molecule has 0 bridgehead atoms. The molecule has 0 saturated carbocycles. The molecule has 8 heteroatoms. The number of hydrogen-bond donors (Lipinski definition) is 1. The number of rotatable bonds is 8. The number of esters is 1. The number of aryl methyl sites for hydroxylation is 1. The van der Waals surface area contributed by atoms with E-state index in [0.29, 0.717) is 17.8 Å². The molecular formula is C23H23N3O5. The molecule has 160 valence electrons. The quantitative estimate of drug-likeness (QED) is 0.254. The first kappa shape index (κ1) is 21.8. The number of hydrogen-bond acceptors (Lipinski definition) is 6. The Labute approximate surface area is 179 Å². The van der Waals surface area contributed by atoms with Gasteiger partial charge in [-0.15, -0.1) is 0 Å². The lowest BCUT2D eigenvalue weighted by Gasteiger charge is -2.11. The molecule has 0 aliphatic heterocycles. The molecule has 0 fully saturated rings. The van der Waals surface area contributed by atoms with Gasteiger partial charge in [-0.05, 0) is 31.5 Å². The Kier molecular flexibility index (Phi) is 6.49. The summed E-state index contributed by atoms with van der Waals surface area (Å²) < 4.78 is 7.22. The van der Waals surface area contributed by atoms with Crippen molar-refractivity contribution in [2.24, 2.45) is 0 Å².